The van der Waals surface area contributed by atoms with Gasteiger partial charge < -0.3 is 9.47 Å². The summed E-state index contributed by atoms with van der Waals surface area (Å²) in [7, 11) is 0. The molecule has 0 unspecified atom stereocenters. The summed E-state index contributed by atoms with van der Waals surface area (Å²) >= 11 is 7.45. The fraction of sp³-hybridized carbons (Fsp3) is 0.0588. The minimum atomic E-state index is -0.0956. The van der Waals surface area contributed by atoms with Crippen molar-refractivity contribution in [3.8, 4) is 39.1 Å². The summed E-state index contributed by atoms with van der Waals surface area (Å²) in [6.45, 7) is 4.70. The van der Waals surface area contributed by atoms with Gasteiger partial charge in [-0.25, -0.2) is 0 Å². The van der Waals surface area contributed by atoms with Gasteiger partial charge in [0.25, 0.3) is 0 Å². The van der Waals surface area contributed by atoms with Crippen LogP contribution >= 0.6 is 31.9 Å². The number of aromatic nitrogens is 1. The zero-order valence-electron chi connectivity index (χ0n) is 30.5. The predicted molar refractivity (Wildman–Crippen MR) is 239 cm³/mol. The van der Waals surface area contributed by atoms with E-state index in [-0.39, 0.29) is 5.41 Å². The number of hydrogen-bond acceptors (Lipinski definition) is 1. The molecule has 1 heterocycles. The van der Waals surface area contributed by atoms with E-state index in [9.17, 15) is 0 Å². The first-order valence-corrected chi connectivity index (χ1v) is 20.2. The van der Waals surface area contributed by atoms with E-state index < -0.39 is 0 Å². The molecule has 1 aromatic heterocycles. The highest BCUT2D eigenvalue weighted by molar-refractivity contribution is 9.11. The Kier molecular flexibility index (Phi) is 8.16. The minimum Gasteiger partial charge on any atom is -0.310 e. The lowest BCUT2D eigenvalue weighted by molar-refractivity contribution is 0.660. The molecule has 0 saturated heterocycles. The van der Waals surface area contributed by atoms with Crippen LogP contribution in [0.25, 0.3) is 60.9 Å². The zero-order chi connectivity index (χ0) is 37.3. The summed E-state index contributed by atoms with van der Waals surface area (Å²) in [5, 5.41) is 2.48. The summed E-state index contributed by atoms with van der Waals surface area (Å²) < 4.78 is 4.43. The van der Waals surface area contributed by atoms with Gasteiger partial charge in [0.2, 0.25) is 0 Å². The molecule has 1 aliphatic rings. The van der Waals surface area contributed by atoms with Gasteiger partial charge >= 0.3 is 0 Å². The maximum atomic E-state index is 3.72. The number of rotatable bonds is 6. The monoisotopic (exact) mass is 834 g/mol. The van der Waals surface area contributed by atoms with Crippen molar-refractivity contribution in [3.63, 3.8) is 0 Å². The summed E-state index contributed by atoms with van der Waals surface area (Å²) in [5.74, 6) is 0. The van der Waals surface area contributed by atoms with Crippen LogP contribution in [0.4, 0.5) is 17.1 Å². The first kappa shape index (κ1) is 33.9. The topological polar surface area (TPSA) is 8.17 Å². The lowest BCUT2D eigenvalue weighted by Crippen LogP contribution is -2.16. The van der Waals surface area contributed by atoms with Crippen LogP contribution in [0.3, 0.4) is 0 Å². The molecular formula is C51H36Br2N2. The molecule has 0 spiro atoms. The summed E-state index contributed by atoms with van der Waals surface area (Å²) in [6, 6.07) is 66.4. The third-order valence-electron chi connectivity index (χ3n) is 11.3. The Bertz CT molecular complexity index is 2880. The molecule has 10 rings (SSSR count). The fourth-order valence-corrected chi connectivity index (χ4v) is 9.88. The van der Waals surface area contributed by atoms with Gasteiger partial charge in [-0.15, -0.1) is 0 Å². The Morgan fingerprint density at radius 2 is 0.964 bits per heavy atom. The zero-order valence-corrected chi connectivity index (χ0v) is 33.6. The number of nitrogens with zero attached hydrogens (tertiary/aromatic N) is 2. The van der Waals surface area contributed by atoms with Crippen LogP contribution in [0.2, 0.25) is 0 Å². The van der Waals surface area contributed by atoms with E-state index in [4.69, 9.17) is 0 Å². The Hall–Kier alpha value is -5.68. The van der Waals surface area contributed by atoms with E-state index in [0.29, 0.717) is 0 Å². The molecule has 1 aliphatic carbocycles. The minimum absolute atomic E-state index is 0.0956. The maximum absolute atomic E-state index is 3.72. The molecule has 0 bridgehead atoms. The second-order valence-electron chi connectivity index (χ2n) is 14.9. The van der Waals surface area contributed by atoms with E-state index in [2.05, 4.69) is 237 Å². The Balaban J connectivity index is 1.08. The summed E-state index contributed by atoms with van der Waals surface area (Å²) in [6.07, 6.45) is 0. The quantitative estimate of drug-likeness (QED) is 0.162. The molecule has 9 aromatic rings. The smallest absolute Gasteiger partial charge is 0.0547 e. The van der Waals surface area contributed by atoms with Gasteiger partial charge in [-0.1, -0.05) is 161 Å². The van der Waals surface area contributed by atoms with Crippen molar-refractivity contribution < 1.29 is 0 Å². The molecular weight excluding hydrogens is 800 g/mol. The molecule has 8 aromatic carbocycles. The van der Waals surface area contributed by atoms with E-state index in [1.165, 1.54) is 66.3 Å². The average Bonchev–Trinajstić information content (AvgIpc) is 3.66. The Labute approximate surface area is 338 Å². The van der Waals surface area contributed by atoms with Crippen LogP contribution < -0.4 is 4.90 Å². The molecule has 0 radical (unpaired) electrons. The summed E-state index contributed by atoms with van der Waals surface area (Å²) in [5.41, 5.74) is 16.9. The molecule has 55 heavy (non-hydrogen) atoms. The maximum Gasteiger partial charge on any atom is 0.0547 e. The predicted octanol–water partition coefficient (Wildman–Crippen LogP) is 15.4. The number of anilines is 3. The lowest BCUT2D eigenvalue weighted by Gasteiger charge is -2.28. The van der Waals surface area contributed by atoms with E-state index in [1.54, 1.807) is 0 Å². The molecule has 0 amide bonds. The van der Waals surface area contributed by atoms with Gasteiger partial charge in [0.05, 0.1) is 11.0 Å². The Morgan fingerprint density at radius 3 is 1.69 bits per heavy atom. The van der Waals surface area contributed by atoms with Crippen LogP contribution in [-0.4, -0.2) is 4.57 Å². The number of hydrogen-bond donors (Lipinski definition) is 0. The Morgan fingerprint density at radius 1 is 0.418 bits per heavy atom. The first-order chi connectivity index (χ1) is 26.8. The SMILES string of the molecule is CC1(C)c2ccccc2-c2ccc(N(c3ccc(-c4ccccc4)cc3)c3ccc(-c4ccc5c6ccccc6n(-c6cc(Br)cc(Br)c6)c5c4)cc3)cc21. The average molecular weight is 837 g/mol. The van der Waals surface area contributed by atoms with Crippen molar-refractivity contribution >= 4 is 70.7 Å². The number of benzene rings is 8. The van der Waals surface area contributed by atoms with E-state index >= 15 is 0 Å². The molecule has 0 fully saturated rings. The van der Waals surface area contributed by atoms with Crippen LogP contribution in [0.5, 0.6) is 0 Å². The standard InChI is InChI=1S/C51H36Br2N2/c1-51(2)47-14-8-6-12-43(47)44-27-25-41(32-48(44)51)54(39-21-16-34(17-22-39)33-10-4-3-5-11-33)40-23-18-35(19-24-40)36-20-26-46-45-13-7-9-15-49(45)55(50(46)28-36)42-30-37(52)29-38(53)31-42/h3-32H,1-2H3. The van der Waals surface area contributed by atoms with Crippen molar-refractivity contribution in [3.05, 3.63) is 202 Å². The molecule has 4 heteroatoms. The normalized spacial score (nSPS) is 12.9. The second-order valence-corrected chi connectivity index (χ2v) is 16.7. The molecule has 0 N–H and O–H groups in total. The second kappa shape index (κ2) is 13.3. The molecule has 0 aliphatic heterocycles. The number of halogens is 2. The molecule has 0 saturated carbocycles. The molecule has 0 atom stereocenters. The van der Waals surface area contributed by atoms with Crippen molar-refractivity contribution in [1.29, 1.82) is 0 Å². The van der Waals surface area contributed by atoms with Gasteiger partial charge in [0.15, 0.2) is 0 Å². The van der Waals surface area contributed by atoms with Crippen molar-refractivity contribution in [2.75, 3.05) is 4.90 Å². The van der Waals surface area contributed by atoms with Crippen molar-refractivity contribution in [1.82, 2.24) is 4.57 Å². The lowest BCUT2D eigenvalue weighted by atomic mass is 9.82. The third-order valence-corrected chi connectivity index (χ3v) is 12.2. The van der Waals surface area contributed by atoms with Gasteiger partial charge in [-0.3, -0.25) is 0 Å². The third kappa shape index (κ3) is 5.75. The van der Waals surface area contributed by atoms with E-state index in [0.717, 1.165) is 31.7 Å². The highest BCUT2D eigenvalue weighted by Crippen LogP contribution is 2.50. The fourth-order valence-electron chi connectivity index (χ4n) is 8.61. The van der Waals surface area contributed by atoms with Gasteiger partial charge in [0.1, 0.15) is 0 Å². The van der Waals surface area contributed by atoms with Crippen LogP contribution in [0, 0.1) is 0 Å². The highest BCUT2D eigenvalue weighted by Gasteiger charge is 2.35. The number of fused-ring (bicyclic) bond motifs is 6. The molecule has 264 valence electrons. The van der Waals surface area contributed by atoms with Gasteiger partial charge in [-0.05, 0) is 111 Å². The van der Waals surface area contributed by atoms with Gasteiger partial charge in [0, 0.05) is 47.9 Å². The van der Waals surface area contributed by atoms with Crippen molar-refractivity contribution in [2.45, 2.75) is 19.3 Å². The van der Waals surface area contributed by atoms with E-state index in [1.807, 2.05) is 0 Å². The highest BCUT2D eigenvalue weighted by atomic mass is 79.9. The summed E-state index contributed by atoms with van der Waals surface area (Å²) in [4.78, 5) is 2.39. The largest absolute Gasteiger partial charge is 0.310 e. The van der Waals surface area contributed by atoms with Crippen molar-refractivity contribution in [2.24, 2.45) is 0 Å². The molecule has 2 nitrogen and oxygen atoms in total. The van der Waals surface area contributed by atoms with Crippen LogP contribution in [-0.2, 0) is 5.41 Å². The van der Waals surface area contributed by atoms with Crippen LogP contribution in [0.1, 0.15) is 25.0 Å². The van der Waals surface area contributed by atoms with Gasteiger partial charge in [-0.2, -0.15) is 0 Å². The first-order valence-electron chi connectivity index (χ1n) is 18.6. The van der Waals surface area contributed by atoms with Crippen LogP contribution in [0.15, 0.2) is 191 Å². The number of para-hydroxylation sites is 1.